The largest absolute Gasteiger partial charge is 0.378 e. The van der Waals surface area contributed by atoms with Crippen molar-refractivity contribution >= 4 is 0 Å². The second-order valence-corrected chi connectivity index (χ2v) is 4.46. The van der Waals surface area contributed by atoms with Crippen molar-refractivity contribution in [3.8, 4) is 0 Å². The monoisotopic (exact) mass is 239 g/mol. The maximum absolute atomic E-state index is 5.60. The van der Waals surface area contributed by atoms with Crippen LogP contribution in [0.2, 0.25) is 0 Å². The van der Waals surface area contributed by atoms with Crippen molar-refractivity contribution < 1.29 is 4.74 Å². The lowest BCUT2D eigenvalue weighted by atomic mass is 10.2. The molecule has 1 saturated heterocycles. The third kappa shape index (κ3) is 3.23. The third-order valence-corrected chi connectivity index (χ3v) is 3.14. The molecule has 0 aromatic carbocycles. The van der Waals surface area contributed by atoms with Crippen LogP contribution >= 0.6 is 0 Å². The smallest absolute Gasteiger partial charge is 0.167 e. The van der Waals surface area contributed by atoms with Gasteiger partial charge in [0.25, 0.3) is 0 Å². The summed E-state index contributed by atoms with van der Waals surface area (Å²) in [5.74, 6) is 0.907. The Bertz CT molecular complexity index is 334. The van der Waals surface area contributed by atoms with Gasteiger partial charge >= 0.3 is 0 Å². The van der Waals surface area contributed by atoms with Crippen molar-refractivity contribution in [2.45, 2.75) is 51.8 Å². The van der Waals surface area contributed by atoms with Crippen LogP contribution < -0.4 is 5.32 Å². The first kappa shape index (κ1) is 12.4. The highest BCUT2D eigenvalue weighted by Gasteiger charge is 2.18. The second kappa shape index (κ2) is 6.07. The molecule has 6 heteroatoms. The summed E-state index contributed by atoms with van der Waals surface area (Å²) in [6, 6.07) is 0.194. The minimum atomic E-state index is 0.194. The van der Waals surface area contributed by atoms with E-state index in [0.29, 0.717) is 6.10 Å². The lowest BCUT2D eigenvalue weighted by Gasteiger charge is -2.13. The Morgan fingerprint density at radius 1 is 1.59 bits per heavy atom. The predicted octanol–water partition coefficient (Wildman–Crippen LogP) is 0.913. The van der Waals surface area contributed by atoms with Gasteiger partial charge in [0, 0.05) is 13.2 Å². The summed E-state index contributed by atoms with van der Waals surface area (Å²) in [7, 11) is 0. The van der Waals surface area contributed by atoms with Gasteiger partial charge < -0.3 is 10.1 Å². The molecule has 2 unspecified atom stereocenters. The molecule has 2 atom stereocenters. The zero-order chi connectivity index (χ0) is 12.1. The lowest BCUT2D eigenvalue weighted by molar-refractivity contribution is 0.0989. The highest BCUT2D eigenvalue weighted by atomic mass is 16.5. The number of rotatable bonds is 6. The Morgan fingerprint density at radius 3 is 3.18 bits per heavy atom. The first-order valence-electron chi connectivity index (χ1n) is 6.42. The van der Waals surface area contributed by atoms with Gasteiger partial charge in [-0.1, -0.05) is 6.92 Å². The number of nitrogens with zero attached hydrogens (tertiary/aromatic N) is 4. The fourth-order valence-corrected chi connectivity index (χ4v) is 2.22. The van der Waals surface area contributed by atoms with Crippen LogP contribution in [0.3, 0.4) is 0 Å². The molecule has 1 aliphatic rings. The molecule has 0 saturated carbocycles. The Kier molecular flexibility index (Phi) is 4.44. The SMILES string of the molecule is CCNC(C)c1nnnn1CCC1CCCO1. The van der Waals surface area contributed by atoms with Crippen molar-refractivity contribution in [1.29, 1.82) is 0 Å². The van der Waals surface area contributed by atoms with E-state index in [1.165, 1.54) is 12.8 Å². The highest BCUT2D eigenvalue weighted by molar-refractivity contribution is 4.89. The summed E-state index contributed by atoms with van der Waals surface area (Å²) in [5.41, 5.74) is 0. The number of hydrogen-bond acceptors (Lipinski definition) is 5. The van der Waals surface area contributed by atoms with E-state index in [2.05, 4.69) is 34.7 Å². The number of tetrazole rings is 1. The molecule has 1 aromatic rings. The van der Waals surface area contributed by atoms with Crippen LogP contribution in [0.5, 0.6) is 0 Å². The zero-order valence-corrected chi connectivity index (χ0v) is 10.6. The van der Waals surface area contributed by atoms with Crippen LogP contribution in [0, 0.1) is 0 Å². The minimum Gasteiger partial charge on any atom is -0.378 e. The summed E-state index contributed by atoms with van der Waals surface area (Å²) in [4.78, 5) is 0. The van der Waals surface area contributed by atoms with Crippen molar-refractivity contribution in [1.82, 2.24) is 25.5 Å². The van der Waals surface area contributed by atoms with E-state index in [1.54, 1.807) is 0 Å². The lowest BCUT2D eigenvalue weighted by Crippen LogP contribution is -2.23. The van der Waals surface area contributed by atoms with E-state index in [4.69, 9.17) is 4.74 Å². The van der Waals surface area contributed by atoms with E-state index >= 15 is 0 Å². The van der Waals surface area contributed by atoms with Crippen LogP contribution in [0.4, 0.5) is 0 Å². The summed E-state index contributed by atoms with van der Waals surface area (Å²) >= 11 is 0. The topological polar surface area (TPSA) is 64.9 Å². The number of aryl methyl sites for hydroxylation is 1. The molecule has 0 bridgehead atoms. The van der Waals surface area contributed by atoms with Gasteiger partial charge in [0.05, 0.1) is 12.1 Å². The van der Waals surface area contributed by atoms with E-state index in [1.807, 2.05) is 4.68 Å². The minimum absolute atomic E-state index is 0.194. The number of hydrogen-bond donors (Lipinski definition) is 1. The molecule has 0 aliphatic carbocycles. The maximum atomic E-state index is 5.60. The molecule has 2 rings (SSSR count). The van der Waals surface area contributed by atoms with Gasteiger partial charge in [-0.15, -0.1) is 5.10 Å². The average molecular weight is 239 g/mol. The molecule has 2 heterocycles. The molecule has 0 spiro atoms. The van der Waals surface area contributed by atoms with Crippen LogP contribution in [-0.2, 0) is 11.3 Å². The summed E-state index contributed by atoms with van der Waals surface area (Å²) in [5, 5.41) is 15.2. The molecular formula is C11H21N5O. The number of ether oxygens (including phenoxy) is 1. The molecule has 1 fully saturated rings. The Morgan fingerprint density at radius 2 is 2.47 bits per heavy atom. The Balaban J connectivity index is 1.89. The van der Waals surface area contributed by atoms with E-state index < -0.39 is 0 Å². The maximum Gasteiger partial charge on any atom is 0.167 e. The van der Waals surface area contributed by atoms with Gasteiger partial charge in [0.15, 0.2) is 5.82 Å². The Hall–Kier alpha value is -1.01. The molecule has 1 N–H and O–H groups in total. The molecule has 0 radical (unpaired) electrons. The van der Waals surface area contributed by atoms with Crippen molar-refractivity contribution in [3.05, 3.63) is 5.82 Å². The molecular weight excluding hydrogens is 218 g/mol. The van der Waals surface area contributed by atoms with Gasteiger partial charge in [0.2, 0.25) is 0 Å². The van der Waals surface area contributed by atoms with Crippen LogP contribution in [0.25, 0.3) is 0 Å². The number of aromatic nitrogens is 4. The summed E-state index contributed by atoms with van der Waals surface area (Å²) < 4.78 is 7.49. The molecule has 96 valence electrons. The third-order valence-electron chi connectivity index (χ3n) is 3.14. The van der Waals surface area contributed by atoms with Crippen molar-refractivity contribution in [2.24, 2.45) is 0 Å². The molecule has 0 amide bonds. The van der Waals surface area contributed by atoms with Crippen molar-refractivity contribution in [2.75, 3.05) is 13.2 Å². The summed E-state index contributed by atoms with van der Waals surface area (Å²) in [6.07, 6.45) is 3.74. The standard InChI is InChI=1S/C11H21N5O/c1-3-12-9(2)11-13-14-15-16(11)7-6-10-5-4-8-17-10/h9-10,12H,3-8H2,1-2H3. The van der Waals surface area contributed by atoms with Gasteiger partial charge in [-0.25, -0.2) is 4.68 Å². The summed E-state index contributed by atoms with van der Waals surface area (Å²) in [6.45, 7) is 6.82. The van der Waals surface area contributed by atoms with E-state index in [-0.39, 0.29) is 6.04 Å². The fourth-order valence-electron chi connectivity index (χ4n) is 2.22. The van der Waals surface area contributed by atoms with Crippen molar-refractivity contribution in [3.63, 3.8) is 0 Å². The van der Waals surface area contributed by atoms with Gasteiger partial charge in [-0.3, -0.25) is 0 Å². The first-order valence-corrected chi connectivity index (χ1v) is 6.42. The predicted molar refractivity (Wildman–Crippen MR) is 63.5 cm³/mol. The molecule has 1 aliphatic heterocycles. The number of nitrogens with one attached hydrogen (secondary N) is 1. The second-order valence-electron chi connectivity index (χ2n) is 4.46. The van der Waals surface area contributed by atoms with Gasteiger partial charge in [-0.05, 0) is 43.2 Å². The first-order chi connectivity index (χ1) is 8.31. The highest BCUT2D eigenvalue weighted by Crippen LogP contribution is 2.16. The van der Waals surface area contributed by atoms with Crippen LogP contribution in [-0.4, -0.2) is 39.5 Å². The molecule has 1 aromatic heterocycles. The fraction of sp³-hybridized carbons (Fsp3) is 0.909. The zero-order valence-electron chi connectivity index (χ0n) is 10.6. The quantitative estimate of drug-likeness (QED) is 0.799. The molecule has 6 nitrogen and oxygen atoms in total. The normalized spacial score (nSPS) is 21.9. The molecule has 17 heavy (non-hydrogen) atoms. The van der Waals surface area contributed by atoms with E-state index in [9.17, 15) is 0 Å². The average Bonchev–Trinajstić information content (AvgIpc) is 2.98. The van der Waals surface area contributed by atoms with Gasteiger partial charge in [0.1, 0.15) is 0 Å². The van der Waals surface area contributed by atoms with Crippen LogP contribution in [0.1, 0.15) is 45.0 Å². The van der Waals surface area contributed by atoms with Gasteiger partial charge in [-0.2, -0.15) is 0 Å². The Labute approximate surface area is 102 Å². The van der Waals surface area contributed by atoms with E-state index in [0.717, 1.165) is 31.9 Å². The van der Waals surface area contributed by atoms with Crippen LogP contribution in [0.15, 0.2) is 0 Å².